The van der Waals surface area contributed by atoms with E-state index in [1.165, 1.54) is 48.5 Å². The van der Waals surface area contributed by atoms with Gasteiger partial charge < -0.3 is 0 Å². The molecule has 1 atom stereocenters. The Kier molecular flexibility index (Phi) is 6.46. The van der Waals surface area contributed by atoms with Crippen LogP contribution >= 0.6 is 34.5 Å². The van der Waals surface area contributed by atoms with Crippen molar-refractivity contribution in [1.82, 2.24) is 14.9 Å². The molecule has 0 spiro atoms. The van der Waals surface area contributed by atoms with Crippen LogP contribution in [0.5, 0.6) is 0 Å². The van der Waals surface area contributed by atoms with Crippen LogP contribution in [-0.2, 0) is 20.0 Å². The summed E-state index contributed by atoms with van der Waals surface area (Å²) in [5, 5.41) is 8.77. The van der Waals surface area contributed by atoms with Crippen LogP contribution in [0.1, 0.15) is 18.0 Å². The zero-order valence-corrected chi connectivity index (χ0v) is 18.7. The van der Waals surface area contributed by atoms with E-state index in [0.717, 1.165) is 11.3 Å². The van der Waals surface area contributed by atoms with Gasteiger partial charge in [-0.3, -0.25) is 4.72 Å². The Morgan fingerprint density at radius 1 is 0.828 bits per heavy atom. The second kappa shape index (κ2) is 8.54. The number of anilines is 1. The number of nitrogens with one attached hydrogen (secondary N) is 2. The Hall–Kier alpha value is -1.76. The Morgan fingerprint density at radius 3 is 1.83 bits per heavy atom. The van der Waals surface area contributed by atoms with Gasteiger partial charge in [-0.15, -0.1) is 10.2 Å². The van der Waals surface area contributed by atoms with E-state index in [1.54, 1.807) is 6.92 Å². The third-order valence-electron chi connectivity index (χ3n) is 3.61. The average molecular weight is 493 g/mol. The van der Waals surface area contributed by atoms with Gasteiger partial charge in [0.25, 0.3) is 10.0 Å². The van der Waals surface area contributed by atoms with Gasteiger partial charge in [-0.2, -0.15) is 0 Å². The van der Waals surface area contributed by atoms with E-state index >= 15 is 0 Å². The molecule has 1 aromatic heterocycles. The van der Waals surface area contributed by atoms with E-state index in [2.05, 4.69) is 19.6 Å². The molecule has 0 saturated heterocycles. The first-order chi connectivity index (χ1) is 13.6. The van der Waals surface area contributed by atoms with Gasteiger partial charge >= 0.3 is 0 Å². The lowest BCUT2D eigenvalue weighted by atomic mass is 10.4. The second-order valence-corrected chi connectivity index (χ2v) is 11.1. The molecule has 0 aliphatic heterocycles. The molecule has 0 aliphatic rings. The van der Waals surface area contributed by atoms with Crippen molar-refractivity contribution in [3.05, 3.63) is 63.6 Å². The minimum Gasteiger partial charge on any atom is -0.253 e. The Balaban J connectivity index is 1.73. The lowest BCUT2D eigenvalue weighted by molar-refractivity contribution is 0.565. The molecule has 29 heavy (non-hydrogen) atoms. The van der Waals surface area contributed by atoms with E-state index in [9.17, 15) is 16.8 Å². The standard InChI is InChI=1S/C16H14Cl2N4O4S3/c1-10(21-28(23,24)13-6-2-11(17)3-7-13)15-19-20-16(27-15)22-29(25,26)14-8-4-12(18)5-9-14/h2-10,21H,1H3,(H,20,22). The van der Waals surface area contributed by atoms with Gasteiger partial charge in [0.05, 0.1) is 15.8 Å². The fraction of sp³-hybridized carbons (Fsp3) is 0.125. The van der Waals surface area contributed by atoms with E-state index in [-0.39, 0.29) is 19.9 Å². The summed E-state index contributed by atoms with van der Waals surface area (Å²) >= 11 is 12.5. The maximum atomic E-state index is 12.5. The second-order valence-electron chi connectivity index (χ2n) is 5.80. The molecule has 1 unspecified atom stereocenters. The third kappa shape index (κ3) is 5.44. The zero-order chi connectivity index (χ0) is 21.2. The summed E-state index contributed by atoms with van der Waals surface area (Å²) in [7, 11) is -7.69. The Morgan fingerprint density at radius 2 is 1.31 bits per heavy atom. The molecular weight excluding hydrogens is 479 g/mol. The molecule has 1 heterocycles. The third-order valence-corrected chi connectivity index (χ3v) is 8.18. The van der Waals surface area contributed by atoms with Crippen molar-refractivity contribution in [2.75, 3.05) is 4.72 Å². The number of rotatable bonds is 7. The van der Waals surface area contributed by atoms with Gasteiger partial charge in [0, 0.05) is 10.0 Å². The minimum absolute atomic E-state index is 0.00694. The van der Waals surface area contributed by atoms with Gasteiger partial charge in [0.2, 0.25) is 15.2 Å². The maximum Gasteiger partial charge on any atom is 0.263 e. The fourth-order valence-electron chi connectivity index (χ4n) is 2.20. The lowest BCUT2D eigenvalue weighted by Crippen LogP contribution is -2.26. The number of halogens is 2. The predicted octanol–water partition coefficient (Wildman–Crippen LogP) is 3.69. The van der Waals surface area contributed by atoms with Crippen molar-refractivity contribution in [2.45, 2.75) is 22.8 Å². The molecule has 154 valence electrons. The highest BCUT2D eigenvalue weighted by molar-refractivity contribution is 7.93. The molecule has 13 heteroatoms. The Labute approximate surface area is 182 Å². The van der Waals surface area contributed by atoms with Gasteiger partial charge in [0.15, 0.2) is 0 Å². The number of hydrogen-bond acceptors (Lipinski definition) is 7. The van der Waals surface area contributed by atoms with Gasteiger partial charge in [0.1, 0.15) is 5.01 Å². The predicted molar refractivity (Wildman–Crippen MR) is 112 cm³/mol. The summed E-state index contributed by atoms with van der Waals surface area (Å²) in [6.07, 6.45) is 0. The molecule has 0 saturated carbocycles. The molecule has 0 aliphatic carbocycles. The van der Waals surface area contributed by atoms with Crippen LogP contribution in [0.2, 0.25) is 10.0 Å². The first-order valence-electron chi connectivity index (χ1n) is 7.96. The summed E-state index contributed by atoms with van der Waals surface area (Å²) in [4.78, 5) is 0.0528. The molecule has 0 fully saturated rings. The number of benzene rings is 2. The highest BCUT2D eigenvalue weighted by Gasteiger charge is 2.22. The van der Waals surface area contributed by atoms with Crippen molar-refractivity contribution >= 4 is 59.7 Å². The highest BCUT2D eigenvalue weighted by Crippen LogP contribution is 2.26. The van der Waals surface area contributed by atoms with Crippen LogP contribution in [0.3, 0.4) is 0 Å². The molecule has 0 amide bonds. The lowest BCUT2D eigenvalue weighted by Gasteiger charge is -2.11. The van der Waals surface area contributed by atoms with Crippen molar-refractivity contribution in [1.29, 1.82) is 0 Å². The van der Waals surface area contributed by atoms with Crippen LogP contribution < -0.4 is 9.44 Å². The van der Waals surface area contributed by atoms with Gasteiger partial charge in [-0.1, -0.05) is 34.5 Å². The minimum atomic E-state index is -3.88. The summed E-state index contributed by atoms with van der Waals surface area (Å²) in [5.74, 6) is 0. The molecule has 0 radical (unpaired) electrons. The van der Waals surface area contributed by atoms with Crippen molar-refractivity contribution < 1.29 is 16.8 Å². The average Bonchev–Trinajstić information content (AvgIpc) is 3.10. The van der Waals surface area contributed by atoms with E-state index in [1.807, 2.05) is 0 Å². The fourth-order valence-corrected chi connectivity index (χ4v) is 5.71. The van der Waals surface area contributed by atoms with Crippen molar-refractivity contribution in [3.8, 4) is 0 Å². The SMILES string of the molecule is CC(NS(=O)(=O)c1ccc(Cl)cc1)c1nnc(NS(=O)(=O)c2ccc(Cl)cc2)s1. The van der Waals surface area contributed by atoms with E-state index in [4.69, 9.17) is 23.2 Å². The molecular formula is C16H14Cl2N4O4S3. The number of nitrogens with zero attached hydrogens (tertiary/aromatic N) is 2. The molecule has 8 nitrogen and oxygen atoms in total. The van der Waals surface area contributed by atoms with Gasteiger partial charge in [-0.25, -0.2) is 21.6 Å². The maximum absolute atomic E-state index is 12.5. The summed E-state index contributed by atoms with van der Waals surface area (Å²) in [6, 6.07) is 10.6. The zero-order valence-electron chi connectivity index (χ0n) is 14.7. The normalized spacial score (nSPS) is 13.2. The van der Waals surface area contributed by atoms with E-state index < -0.39 is 26.1 Å². The molecule has 3 rings (SSSR count). The monoisotopic (exact) mass is 492 g/mol. The molecule has 2 aromatic carbocycles. The number of aromatic nitrogens is 2. The largest absolute Gasteiger partial charge is 0.263 e. The summed E-state index contributed by atoms with van der Waals surface area (Å²) < 4.78 is 54.5. The van der Waals surface area contributed by atoms with Gasteiger partial charge in [-0.05, 0) is 55.5 Å². The number of hydrogen-bond donors (Lipinski definition) is 2. The van der Waals surface area contributed by atoms with Crippen LogP contribution in [0.25, 0.3) is 0 Å². The van der Waals surface area contributed by atoms with Crippen LogP contribution in [0, 0.1) is 0 Å². The molecule has 0 bridgehead atoms. The first kappa shape index (κ1) is 21.9. The first-order valence-corrected chi connectivity index (χ1v) is 12.5. The smallest absolute Gasteiger partial charge is 0.253 e. The molecule has 3 aromatic rings. The van der Waals surface area contributed by atoms with E-state index in [0.29, 0.717) is 10.0 Å². The Bertz CT molecular complexity index is 1210. The molecule has 2 N–H and O–H groups in total. The quantitative estimate of drug-likeness (QED) is 0.519. The summed E-state index contributed by atoms with van der Waals surface area (Å²) in [5.41, 5.74) is 0. The summed E-state index contributed by atoms with van der Waals surface area (Å²) in [6.45, 7) is 1.57. The van der Waals surface area contributed by atoms with Crippen molar-refractivity contribution in [3.63, 3.8) is 0 Å². The van der Waals surface area contributed by atoms with Crippen LogP contribution in [0.4, 0.5) is 5.13 Å². The number of sulfonamides is 2. The van der Waals surface area contributed by atoms with Crippen LogP contribution in [0.15, 0.2) is 58.3 Å². The van der Waals surface area contributed by atoms with Crippen molar-refractivity contribution in [2.24, 2.45) is 0 Å². The topological polar surface area (TPSA) is 118 Å². The van der Waals surface area contributed by atoms with Crippen LogP contribution in [-0.4, -0.2) is 27.0 Å². The highest BCUT2D eigenvalue weighted by atomic mass is 35.5.